The fourth-order valence-corrected chi connectivity index (χ4v) is 3.62. The lowest BCUT2D eigenvalue weighted by molar-refractivity contribution is -0.168. The molecule has 0 radical (unpaired) electrons. The molecule has 6 nitrogen and oxygen atoms in total. The van der Waals surface area contributed by atoms with Gasteiger partial charge in [-0.05, 0) is 60.8 Å². The first-order chi connectivity index (χ1) is 9.96. The van der Waals surface area contributed by atoms with Gasteiger partial charge in [0.05, 0.1) is 0 Å². The number of fused-ring (bicyclic) bond motifs is 1. The van der Waals surface area contributed by atoms with Crippen LogP contribution in [0.2, 0.25) is 0 Å². The van der Waals surface area contributed by atoms with Gasteiger partial charge in [-0.1, -0.05) is 0 Å². The summed E-state index contributed by atoms with van der Waals surface area (Å²) in [5.41, 5.74) is -2.34. The number of carbonyl (C=O) groups is 2. The normalized spacial score (nSPS) is 28.5. The Bertz CT molecular complexity index is 468. The summed E-state index contributed by atoms with van der Waals surface area (Å²) in [5, 5.41) is 0. The van der Waals surface area contributed by atoms with Crippen LogP contribution in [0.25, 0.3) is 0 Å². The van der Waals surface area contributed by atoms with E-state index in [1.807, 2.05) is 20.8 Å². The molecule has 0 aromatic rings. The van der Waals surface area contributed by atoms with Gasteiger partial charge in [-0.15, -0.1) is 0 Å². The molecule has 0 aromatic heterocycles. The Morgan fingerprint density at radius 1 is 1.14 bits per heavy atom. The SMILES string of the molecule is CC(C)(C)OC(=O)N1SOC2CCCC21C(=O)OC(C)(C)C. The van der Waals surface area contributed by atoms with Gasteiger partial charge >= 0.3 is 12.1 Å². The zero-order valence-electron chi connectivity index (χ0n) is 14.1. The highest BCUT2D eigenvalue weighted by Crippen LogP contribution is 2.50. The van der Waals surface area contributed by atoms with E-state index in [1.165, 1.54) is 4.31 Å². The largest absolute Gasteiger partial charge is 0.458 e. The van der Waals surface area contributed by atoms with E-state index >= 15 is 0 Å². The Balaban J connectivity index is 2.26. The first-order valence-corrected chi connectivity index (χ1v) is 8.26. The van der Waals surface area contributed by atoms with Crippen molar-refractivity contribution >= 4 is 24.3 Å². The monoisotopic (exact) mass is 331 g/mol. The number of nitrogens with zero attached hydrogens (tertiary/aromatic N) is 1. The molecule has 1 saturated heterocycles. The van der Waals surface area contributed by atoms with Gasteiger partial charge in [0.1, 0.15) is 29.5 Å². The number of amides is 1. The van der Waals surface area contributed by atoms with Gasteiger partial charge in [0.15, 0.2) is 5.54 Å². The molecule has 1 saturated carbocycles. The van der Waals surface area contributed by atoms with Crippen LogP contribution in [0.5, 0.6) is 0 Å². The number of rotatable bonds is 1. The molecule has 2 unspecified atom stereocenters. The zero-order chi connectivity index (χ0) is 16.8. The second-order valence-electron chi connectivity index (χ2n) is 7.75. The Hall–Kier alpha value is -0.950. The molecule has 0 aromatic carbocycles. The molecule has 1 heterocycles. The van der Waals surface area contributed by atoms with Crippen molar-refractivity contribution in [2.75, 3.05) is 0 Å². The van der Waals surface area contributed by atoms with E-state index in [0.717, 1.165) is 25.1 Å². The van der Waals surface area contributed by atoms with E-state index in [0.29, 0.717) is 6.42 Å². The molecule has 22 heavy (non-hydrogen) atoms. The Kier molecular flexibility index (Phi) is 4.43. The summed E-state index contributed by atoms with van der Waals surface area (Å²) in [5.74, 6) is -0.418. The van der Waals surface area contributed by atoms with Gasteiger partial charge in [0, 0.05) is 0 Å². The molecule has 7 heteroatoms. The molecule has 1 aliphatic heterocycles. The van der Waals surface area contributed by atoms with Gasteiger partial charge in [0.25, 0.3) is 0 Å². The fourth-order valence-electron chi connectivity index (χ4n) is 2.66. The van der Waals surface area contributed by atoms with Gasteiger partial charge in [-0.3, -0.25) is 4.18 Å². The Morgan fingerprint density at radius 3 is 2.27 bits per heavy atom. The van der Waals surface area contributed by atoms with Crippen molar-refractivity contribution in [3.05, 3.63) is 0 Å². The molecule has 2 atom stereocenters. The van der Waals surface area contributed by atoms with Crippen molar-refractivity contribution in [3.63, 3.8) is 0 Å². The summed E-state index contributed by atoms with van der Waals surface area (Å²) in [6.45, 7) is 10.8. The third-order valence-corrected chi connectivity index (χ3v) is 4.41. The maximum atomic E-state index is 12.8. The molecule has 2 aliphatic rings. The molecule has 1 amide bonds. The Labute approximate surface area is 136 Å². The van der Waals surface area contributed by atoms with Crippen molar-refractivity contribution < 1.29 is 23.2 Å². The molecule has 126 valence electrons. The lowest BCUT2D eigenvalue weighted by Crippen LogP contribution is -2.57. The standard InChI is InChI=1S/C15H25NO5S/c1-13(2,3)19-11(17)15-9-7-8-10(15)21-22-16(15)12(18)20-14(4,5)6/h10H,7-9H2,1-6H3. The van der Waals surface area contributed by atoms with Crippen LogP contribution in [-0.2, 0) is 18.5 Å². The van der Waals surface area contributed by atoms with Gasteiger partial charge in [-0.25, -0.2) is 13.9 Å². The second-order valence-corrected chi connectivity index (χ2v) is 8.46. The Morgan fingerprint density at radius 2 is 1.73 bits per heavy atom. The smallest absolute Gasteiger partial charge is 0.423 e. The summed E-state index contributed by atoms with van der Waals surface area (Å²) < 4.78 is 17.9. The molecular formula is C15H25NO5S. The van der Waals surface area contributed by atoms with Crippen LogP contribution in [-0.4, -0.2) is 39.2 Å². The number of hydrogen-bond donors (Lipinski definition) is 0. The van der Waals surface area contributed by atoms with E-state index in [1.54, 1.807) is 20.8 Å². The molecular weight excluding hydrogens is 306 g/mol. The van der Waals surface area contributed by atoms with Crippen LogP contribution in [0.3, 0.4) is 0 Å². The maximum Gasteiger partial charge on any atom is 0.423 e. The topological polar surface area (TPSA) is 65.1 Å². The van der Waals surface area contributed by atoms with Crippen LogP contribution < -0.4 is 0 Å². The fraction of sp³-hybridized carbons (Fsp3) is 0.867. The van der Waals surface area contributed by atoms with E-state index in [2.05, 4.69) is 0 Å². The van der Waals surface area contributed by atoms with E-state index in [9.17, 15) is 9.59 Å². The summed E-state index contributed by atoms with van der Waals surface area (Å²) >= 11 is 0.894. The molecule has 2 fully saturated rings. The van der Waals surface area contributed by atoms with E-state index in [4.69, 9.17) is 13.7 Å². The highest BCUT2D eigenvalue weighted by atomic mass is 32.2. The molecule has 0 spiro atoms. The lowest BCUT2D eigenvalue weighted by Gasteiger charge is -2.35. The third-order valence-electron chi connectivity index (χ3n) is 3.46. The minimum atomic E-state index is -1.08. The third kappa shape index (κ3) is 3.35. The highest BCUT2D eigenvalue weighted by Gasteiger charge is 2.63. The predicted octanol–water partition coefficient (Wildman–Crippen LogP) is 3.45. The number of carbonyl (C=O) groups excluding carboxylic acids is 2. The molecule has 2 rings (SSSR count). The summed E-state index contributed by atoms with van der Waals surface area (Å²) in [4.78, 5) is 25.3. The first kappa shape index (κ1) is 17.4. The van der Waals surface area contributed by atoms with Crippen molar-refractivity contribution in [1.29, 1.82) is 0 Å². The number of ether oxygens (including phenoxy) is 2. The number of esters is 1. The zero-order valence-corrected chi connectivity index (χ0v) is 14.9. The summed E-state index contributed by atoms with van der Waals surface area (Å²) in [7, 11) is 0. The van der Waals surface area contributed by atoms with Gasteiger partial charge in [0.2, 0.25) is 0 Å². The van der Waals surface area contributed by atoms with Crippen LogP contribution in [0.1, 0.15) is 60.8 Å². The summed E-state index contributed by atoms with van der Waals surface area (Å²) in [6, 6.07) is 0. The lowest BCUT2D eigenvalue weighted by atomic mass is 9.95. The molecule has 1 aliphatic carbocycles. The van der Waals surface area contributed by atoms with Crippen molar-refractivity contribution in [1.82, 2.24) is 4.31 Å². The highest BCUT2D eigenvalue weighted by molar-refractivity contribution is 7.93. The van der Waals surface area contributed by atoms with Crippen LogP contribution >= 0.6 is 12.2 Å². The predicted molar refractivity (Wildman–Crippen MR) is 83.0 cm³/mol. The van der Waals surface area contributed by atoms with Gasteiger partial charge in [-0.2, -0.15) is 0 Å². The molecule has 0 bridgehead atoms. The van der Waals surface area contributed by atoms with E-state index in [-0.39, 0.29) is 6.10 Å². The summed E-state index contributed by atoms with van der Waals surface area (Å²) in [6.07, 6.45) is 1.15. The van der Waals surface area contributed by atoms with Crippen LogP contribution in [0.4, 0.5) is 4.79 Å². The van der Waals surface area contributed by atoms with Crippen LogP contribution in [0, 0.1) is 0 Å². The van der Waals surface area contributed by atoms with Crippen molar-refractivity contribution in [3.8, 4) is 0 Å². The maximum absolute atomic E-state index is 12.8. The minimum Gasteiger partial charge on any atom is -0.458 e. The molecule has 0 N–H and O–H groups in total. The van der Waals surface area contributed by atoms with Crippen LogP contribution in [0.15, 0.2) is 0 Å². The average Bonchev–Trinajstić information content (AvgIpc) is 2.80. The minimum absolute atomic E-state index is 0.347. The second kappa shape index (κ2) is 5.60. The van der Waals surface area contributed by atoms with Gasteiger partial charge < -0.3 is 9.47 Å². The van der Waals surface area contributed by atoms with E-state index < -0.39 is 28.8 Å². The number of hydrogen-bond acceptors (Lipinski definition) is 6. The first-order valence-electron chi connectivity index (χ1n) is 7.56. The van der Waals surface area contributed by atoms with Crippen molar-refractivity contribution in [2.24, 2.45) is 0 Å². The average molecular weight is 331 g/mol. The van der Waals surface area contributed by atoms with Crippen molar-refractivity contribution in [2.45, 2.75) is 83.6 Å². The quantitative estimate of drug-likeness (QED) is 0.416.